The second-order valence-electron chi connectivity index (χ2n) is 31.8. The fourth-order valence-corrected chi connectivity index (χ4v) is 16.3. The second-order valence-corrected chi connectivity index (χ2v) is 36.6. The van der Waals surface area contributed by atoms with Crippen LogP contribution in [0.25, 0.3) is 0 Å². The normalized spacial score (nSPS) is 33.1. The topological polar surface area (TPSA) is 329 Å². The van der Waals surface area contributed by atoms with E-state index in [-0.39, 0.29) is 39.6 Å². The van der Waals surface area contributed by atoms with E-state index in [9.17, 15) is 24.3 Å². The van der Waals surface area contributed by atoms with Gasteiger partial charge in [-0.1, -0.05) is 200 Å². The maximum atomic E-state index is 15.5. The highest BCUT2D eigenvalue weighted by atomic mass is 28.4. The summed E-state index contributed by atoms with van der Waals surface area (Å²) >= 11 is 0. The number of rotatable bonds is 30. The summed E-state index contributed by atoms with van der Waals surface area (Å²) in [5, 5.41) is 13.5. The molecule has 0 radical (unpaired) electrons. The monoisotopic (exact) mass is 1610 g/mol. The SMILES string of the molecule is CC(=O)OC[C@H]1O[C@@H](O[C@H]2[C@H](OCc3ccccc3)[C@@H](N3C(=O)C(C)C(C)C3=O)[C@H](O[C@@H]3[C@@H](O)[C@H](O[C@H]4[C@H](OCc5ccccc5)[C@@H](N5C(=O)C(C)C(C)C5=O)[C@H](O[Si](C)(C)C(C)(C)C)O[C@@H]4COCc4ccccc4)O[C@@H]4COC(c5ccccc5)O[C@H]34)O[C@@H]2COCc2ccccc2)[C@H](OC(C)=O)[C@@H](OC(C)=O)[C@H]1OC(C)=O. The third kappa shape index (κ3) is 20.2. The Balaban J connectivity index is 1.01. The fourth-order valence-electron chi connectivity index (χ4n) is 15.2. The molecule has 7 saturated heterocycles. The molecule has 0 aliphatic carbocycles. The van der Waals surface area contributed by atoms with Crippen molar-refractivity contribution >= 4 is 55.8 Å². The molecule has 5 aromatic carbocycles. The molecule has 0 saturated carbocycles. The molecule has 25 atom stereocenters. The quantitative estimate of drug-likeness (QED) is 0.0195. The first kappa shape index (κ1) is 86.2. The van der Waals surface area contributed by atoms with Crippen LogP contribution in [0, 0.1) is 23.7 Å². The van der Waals surface area contributed by atoms with Gasteiger partial charge in [0.25, 0.3) is 0 Å². The summed E-state index contributed by atoms with van der Waals surface area (Å²) in [6.07, 6.45) is -30.0. The summed E-state index contributed by atoms with van der Waals surface area (Å²) in [5.41, 5.74) is 3.40. The van der Waals surface area contributed by atoms with Gasteiger partial charge >= 0.3 is 23.9 Å². The van der Waals surface area contributed by atoms with Crippen molar-refractivity contribution in [2.45, 2.75) is 250 Å². The Kier molecular flexibility index (Phi) is 28.6. The molecule has 7 aliphatic heterocycles. The summed E-state index contributed by atoms with van der Waals surface area (Å²) in [5.74, 6) is -9.42. The molecule has 29 nitrogen and oxygen atoms in total. The number of carbonyl (C=O) groups excluding carboxylic acids is 8. The summed E-state index contributed by atoms with van der Waals surface area (Å²) < 4.78 is 122. The standard InChI is InChI=1S/C85H106N2O27Si/c1-47-48(2)77(94)86(76(47)93)64-71(100-41-57-33-23-16-24-34-57)68(112-84-75(105-54(8)91)74(104-53(7)90)70(103-52(6)89)62(109-84)45-99-51(5)88)60(43-97-39-55-29-19-14-20-30-55)106-81(64)113-73-66(92)83(108-63-46-102-80(110-69(63)73)59-37-27-18-28-38-59)111-67-61(44-98-40-56-31-21-15-22-32-56)107-82(114-115(12,13)85(9,10)11)65(87-78(95)49(3)50(4)79(87)96)72(67)101-42-58-35-25-17-26-36-58/h14-38,47-50,60-75,80-84,92H,39-46H2,1-13H3/t47?,48?,49?,50?,60-,61-,62-,63-,64-,65-,66-,67-,68-,69+,70+,71-,72-,73-,74+,75-,80?,81+,82+,83+,84+/m1/s1. The van der Waals surface area contributed by atoms with E-state index >= 15 is 19.2 Å². The zero-order valence-corrected chi connectivity index (χ0v) is 68.0. The summed E-state index contributed by atoms with van der Waals surface area (Å²) in [4.78, 5) is 116. The molecule has 5 aromatic rings. The zero-order valence-electron chi connectivity index (χ0n) is 67.0. The summed E-state index contributed by atoms with van der Waals surface area (Å²) in [6, 6.07) is 42.6. The number of likely N-dealkylation sites (tertiary alicyclic amines) is 2. The van der Waals surface area contributed by atoms with Crippen molar-refractivity contribution in [2.24, 2.45) is 23.7 Å². The van der Waals surface area contributed by atoms with Gasteiger partial charge in [-0.3, -0.25) is 48.2 Å². The van der Waals surface area contributed by atoms with Gasteiger partial charge in [-0.2, -0.15) is 0 Å². The Morgan fingerprint density at radius 1 is 0.435 bits per heavy atom. The molecular weight excluding hydrogens is 1510 g/mol. The lowest BCUT2D eigenvalue weighted by Gasteiger charge is -2.54. The fraction of sp³-hybridized carbons (Fsp3) is 0.553. The van der Waals surface area contributed by atoms with Crippen LogP contribution in [0.4, 0.5) is 0 Å². The van der Waals surface area contributed by atoms with Crippen LogP contribution in [0.1, 0.15) is 110 Å². The minimum atomic E-state index is -2.96. The molecular formula is C85H106N2O27Si. The van der Waals surface area contributed by atoms with Crippen molar-refractivity contribution in [3.63, 3.8) is 0 Å². The highest BCUT2D eigenvalue weighted by Crippen LogP contribution is 2.47. The molecule has 30 heteroatoms. The predicted octanol–water partition coefficient (Wildman–Crippen LogP) is 8.52. The van der Waals surface area contributed by atoms with Crippen molar-refractivity contribution in [3.05, 3.63) is 179 Å². The molecule has 1 N–H and O–H groups in total. The molecule has 0 spiro atoms. The van der Waals surface area contributed by atoms with Gasteiger partial charge in [0.15, 0.2) is 58.1 Å². The van der Waals surface area contributed by atoms with Crippen LogP contribution in [0.3, 0.4) is 0 Å². The Hall–Kier alpha value is -8.12. The number of ether oxygens (including phenoxy) is 17. The van der Waals surface area contributed by atoms with Crippen LogP contribution in [0.2, 0.25) is 18.1 Å². The largest absolute Gasteiger partial charge is 0.463 e. The Morgan fingerprint density at radius 2 is 0.817 bits per heavy atom. The van der Waals surface area contributed by atoms with E-state index in [1.54, 1.807) is 82.3 Å². The van der Waals surface area contributed by atoms with Crippen molar-refractivity contribution in [3.8, 4) is 0 Å². The minimum Gasteiger partial charge on any atom is -0.463 e. The molecule has 7 fully saturated rings. The van der Waals surface area contributed by atoms with Gasteiger partial charge in [0, 0.05) is 56.9 Å². The lowest BCUT2D eigenvalue weighted by molar-refractivity contribution is -0.406. The zero-order chi connectivity index (χ0) is 82.2. The molecule has 0 aromatic heterocycles. The number of fused-ring (bicyclic) bond motifs is 1. The number of hydrogen-bond donors (Lipinski definition) is 1. The van der Waals surface area contributed by atoms with Gasteiger partial charge in [0.2, 0.25) is 23.6 Å². The molecule has 12 rings (SSSR count). The number of benzene rings is 5. The summed E-state index contributed by atoms with van der Waals surface area (Å²) in [6.45, 7) is 19.3. The van der Waals surface area contributed by atoms with E-state index in [1.165, 1.54) is 4.90 Å². The second kappa shape index (κ2) is 38.1. The van der Waals surface area contributed by atoms with Gasteiger partial charge in [-0.05, 0) is 40.4 Å². The van der Waals surface area contributed by atoms with Gasteiger partial charge in [-0.25, -0.2) is 0 Å². The Bertz CT molecular complexity index is 4070. The number of imide groups is 2. The molecule has 622 valence electrons. The van der Waals surface area contributed by atoms with Crippen molar-refractivity contribution in [2.75, 3.05) is 26.4 Å². The first-order valence-electron chi connectivity index (χ1n) is 39.2. The average molecular weight is 1620 g/mol. The molecule has 0 bridgehead atoms. The van der Waals surface area contributed by atoms with Crippen molar-refractivity contribution in [1.29, 1.82) is 0 Å². The average Bonchev–Trinajstić information content (AvgIpc) is 1.72. The Labute approximate surface area is 670 Å². The van der Waals surface area contributed by atoms with Crippen LogP contribution in [0.15, 0.2) is 152 Å². The lowest BCUT2D eigenvalue weighted by Crippen LogP contribution is -2.72. The van der Waals surface area contributed by atoms with Crippen LogP contribution < -0.4 is 0 Å². The number of nitrogens with zero attached hydrogens (tertiary/aromatic N) is 2. The highest BCUT2D eigenvalue weighted by Gasteiger charge is 2.65. The van der Waals surface area contributed by atoms with E-state index in [2.05, 4.69) is 20.8 Å². The third-order valence-corrected chi connectivity index (χ3v) is 27.0. The minimum absolute atomic E-state index is 0.0490. The van der Waals surface area contributed by atoms with E-state index in [1.807, 2.05) is 110 Å². The lowest BCUT2D eigenvalue weighted by atomic mass is 9.92. The number of aliphatic hydroxyl groups is 1. The smallest absolute Gasteiger partial charge is 0.303 e. The Morgan fingerprint density at radius 3 is 1.26 bits per heavy atom. The van der Waals surface area contributed by atoms with E-state index in [0.717, 1.165) is 43.7 Å². The molecule has 4 amide bonds. The number of carbonyl (C=O) groups is 8. The van der Waals surface area contributed by atoms with E-state index < -0.39 is 227 Å². The highest BCUT2D eigenvalue weighted by molar-refractivity contribution is 6.74. The van der Waals surface area contributed by atoms with Crippen molar-refractivity contribution < 1.29 is 128 Å². The molecule has 7 aliphatic rings. The van der Waals surface area contributed by atoms with Gasteiger partial charge in [0.05, 0.1) is 46.2 Å². The number of esters is 4. The number of amides is 4. The first-order valence-corrected chi connectivity index (χ1v) is 42.1. The first-order chi connectivity index (χ1) is 55.0. The van der Waals surface area contributed by atoms with Crippen LogP contribution in [-0.4, -0.2) is 220 Å². The van der Waals surface area contributed by atoms with E-state index in [0.29, 0.717) is 16.7 Å². The maximum Gasteiger partial charge on any atom is 0.303 e. The van der Waals surface area contributed by atoms with Crippen molar-refractivity contribution in [1.82, 2.24) is 9.80 Å². The van der Waals surface area contributed by atoms with Crippen LogP contribution in [0.5, 0.6) is 0 Å². The van der Waals surface area contributed by atoms with Gasteiger partial charge < -0.3 is 90.1 Å². The molecule has 115 heavy (non-hydrogen) atoms. The third-order valence-electron chi connectivity index (χ3n) is 22.6. The molecule has 5 unspecified atom stereocenters. The van der Waals surface area contributed by atoms with Gasteiger partial charge in [0.1, 0.15) is 85.8 Å². The summed E-state index contributed by atoms with van der Waals surface area (Å²) in [7, 11) is -2.96. The predicted molar refractivity (Wildman–Crippen MR) is 407 cm³/mol. The molecule has 7 heterocycles. The van der Waals surface area contributed by atoms with Gasteiger partial charge in [-0.15, -0.1) is 0 Å². The van der Waals surface area contributed by atoms with E-state index in [4.69, 9.17) is 85.0 Å². The number of aliphatic hydroxyl groups excluding tert-OH is 1. The number of hydrogen-bond acceptors (Lipinski definition) is 27. The van der Waals surface area contributed by atoms with Crippen LogP contribution >= 0.6 is 0 Å². The van der Waals surface area contributed by atoms with Crippen LogP contribution in [-0.2, 0) is 150 Å². The maximum absolute atomic E-state index is 15.5.